The quantitative estimate of drug-likeness (QED) is 0.368. The smallest absolute Gasteiger partial charge is 0.363 e. The Labute approximate surface area is 158 Å². The van der Waals surface area contributed by atoms with Gasteiger partial charge < -0.3 is 4.74 Å². The van der Waals surface area contributed by atoms with Gasteiger partial charge in [-0.15, -0.1) is 0 Å². The predicted molar refractivity (Wildman–Crippen MR) is 109 cm³/mol. The molecule has 0 aliphatic carbocycles. The highest BCUT2D eigenvalue weighted by molar-refractivity contribution is 6.12. The third-order valence-corrected chi connectivity index (χ3v) is 4.15. The van der Waals surface area contributed by atoms with Crippen molar-refractivity contribution in [3.63, 3.8) is 0 Å². The fourth-order valence-corrected chi connectivity index (χ4v) is 2.73. The zero-order valence-corrected chi connectivity index (χ0v) is 14.6. The summed E-state index contributed by atoms with van der Waals surface area (Å²) in [5, 5.41) is 0. The van der Waals surface area contributed by atoms with E-state index in [0.717, 1.165) is 22.3 Å². The molecule has 0 N–H and O–H groups in total. The van der Waals surface area contributed by atoms with E-state index in [0.29, 0.717) is 11.6 Å². The van der Waals surface area contributed by atoms with Gasteiger partial charge in [-0.05, 0) is 34.9 Å². The summed E-state index contributed by atoms with van der Waals surface area (Å²) in [7, 11) is 0. The van der Waals surface area contributed by atoms with Crippen LogP contribution in [0.1, 0.15) is 22.3 Å². The van der Waals surface area contributed by atoms with E-state index in [1.165, 1.54) is 0 Å². The Morgan fingerprint density at radius 1 is 0.667 bits per heavy atom. The number of hydrogen-bond acceptors (Lipinski definition) is 3. The number of benzene rings is 3. The second-order valence-electron chi connectivity index (χ2n) is 6.11. The summed E-state index contributed by atoms with van der Waals surface area (Å²) < 4.78 is 5.28. The molecular weight excluding hydrogens is 334 g/mol. The number of rotatable bonds is 4. The maximum atomic E-state index is 12.1. The second kappa shape index (κ2) is 7.67. The summed E-state index contributed by atoms with van der Waals surface area (Å²) in [6, 6.07) is 27.5. The van der Waals surface area contributed by atoms with Crippen molar-refractivity contribution in [2.24, 2.45) is 4.99 Å². The number of carbonyl (C=O) groups excluding carboxylic acids is 1. The van der Waals surface area contributed by atoms with Crippen LogP contribution in [0.5, 0.6) is 0 Å². The molecule has 1 aliphatic heterocycles. The highest BCUT2D eigenvalue weighted by atomic mass is 16.6. The Morgan fingerprint density at radius 2 is 1.22 bits per heavy atom. The van der Waals surface area contributed by atoms with Crippen LogP contribution in [0.3, 0.4) is 0 Å². The van der Waals surface area contributed by atoms with Gasteiger partial charge in [-0.1, -0.05) is 84.9 Å². The van der Waals surface area contributed by atoms with Gasteiger partial charge in [-0.3, -0.25) is 0 Å². The lowest BCUT2D eigenvalue weighted by Gasteiger charge is -1.97. The molecule has 0 radical (unpaired) electrons. The lowest BCUT2D eigenvalue weighted by Crippen LogP contribution is -2.04. The molecule has 3 nitrogen and oxygen atoms in total. The predicted octanol–water partition coefficient (Wildman–Crippen LogP) is 5.20. The van der Waals surface area contributed by atoms with Crippen LogP contribution in [0.4, 0.5) is 0 Å². The molecule has 0 saturated carbocycles. The van der Waals surface area contributed by atoms with Gasteiger partial charge >= 0.3 is 5.97 Å². The van der Waals surface area contributed by atoms with Crippen molar-refractivity contribution in [1.29, 1.82) is 0 Å². The van der Waals surface area contributed by atoms with E-state index < -0.39 is 5.97 Å². The van der Waals surface area contributed by atoms with Gasteiger partial charge in [0.25, 0.3) is 0 Å². The van der Waals surface area contributed by atoms with Crippen molar-refractivity contribution in [1.82, 2.24) is 0 Å². The molecular formula is C24H17NO2. The molecule has 3 heteroatoms. The minimum atomic E-state index is -0.429. The average Bonchev–Trinajstić information content (AvgIpc) is 3.09. The number of hydrogen-bond donors (Lipinski definition) is 0. The molecule has 3 aromatic carbocycles. The number of aliphatic imine (C=N–C) groups is 1. The first-order valence-electron chi connectivity index (χ1n) is 8.69. The zero-order valence-electron chi connectivity index (χ0n) is 14.6. The Morgan fingerprint density at radius 3 is 1.89 bits per heavy atom. The number of esters is 1. The van der Waals surface area contributed by atoms with E-state index in [2.05, 4.69) is 29.3 Å². The van der Waals surface area contributed by atoms with Crippen LogP contribution in [-0.4, -0.2) is 11.9 Å². The van der Waals surface area contributed by atoms with Gasteiger partial charge in [-0.25, -0.2) is 9.79 Å². The average molecular weight is 351 g/mol. The van der Waals surface area contributed by atoms with Crippen LogP contribution in [0.25, 0.3) is 18.2 Å². The monoisotopic (exact) mass is 351 g/mol. The van der Waals surface area contributed by atoms with Crippen molar-refractivity contribution in [3.05, 3.63) is 113 Å². The summed E-state index contributed by atoms with van der Waals surface area (Å²) >= 11 is 0. The van der Waals surface area contributed by atoms with Gasteiger partial charge in [-0.2, -0.15) is 0 Å². The van der Waals surface area contributed by atoms with Gasteiger partial charge in [0, 0.05) is 5.56 Å². The molecule has 1 heterocycles. The maximum absolute atomic E-state index is 12.1. The molecule has 27 heavy (non-hydrogen) atoms. The van der Waals surface area contributed by atoms with E-state index in [9.17, 15) is 4.79 Å². The van der Waals surface area contributed by atoms with Crippen molar-refractivity contribution in [2.45, 2.75) is 0 Å². The van der Waals surface area contributed by atoms with E-state index in [1.54, 1.807) is 6.08 Å². The number of ether oxygens (including phenoxy) is 1. The Bertz CT molecular complexity index is 1030. The molecule has 1 aliphatic rings. The topological polar surface area (TPSA) is 38.7 Å². The van der Waals surface area contributed by atoms with Crippen LogP contribution in [0.2, 0.25) is 0 Å². The highest BCUT2D eigenvalue weighted by Gasteiger charge is 2.23. The third kappa shape index (κ3) is 4.10. The van der Waals surface area contributed by atoms with Crippen LogP contribution < -0.4 is 0 Å². The summed E-state index contributed by atoms with van der Waals surface area (Å²) in [4.78, 5) is 16.4. The van der Waals surface area contributed by atoms with E-state index in [-0.39, 0.29) is 0 Å². The Kier molecular flexibility index (Phi) is 4.75. The minimum absolute atomic E-state index is 0.307. The first kappa shape index (κ1) is 16.7. The van der Waals surface area contributed by atoms with Crippen LogP contribution in [-0.2, 0) is 9.53 Å². The highest BCUT2D eigenvalue weighted by Crippen LogP contribution is 2.19. The molecule has 3 aromatic rings. The largest absolute Gasteiger partial charge is 0.402 e. The summed E-state index contributed by atoms with van der Waals surface area (Å²) in [6.07, 6.45) is 5.86. The summed E-state index contributed by atoms with van der Waals surface area (Å²) in [6.45, 7) is 0. The fourth-order valence-electron chi connectivity index (χ4n) is 2.73. The molecule has 0 fully saturated rings. The van der Waals surface area contributed by atoms with Crippen molar-refractivity contribution >= 4 is 30.1 Å². The van der Waals surface area contributed by atoms with Gasteiger partial charge in [0.15, 0.2) is 5.70 Å². The standard InChI is InChI=1S/C24H17NO2/c26-24-22(25-23(27-24)21-9-5-2-6-10-21)17-20-15-13-19(14-16-20)12-11-18-7-3-1-4-8-18/h1-17H/b12-11+,22-17-. The SMILES string of the molecule is O=C1OC(c2ccccc2)=N/C1=C\c1ccc(/C=C/c2ccccc2)cc1. The van der Waals surface area contributed by atoms with E-state index >= 15 is 0 Å². The van der Waals surface area contributed by atoms with E-state index in [1.807, 2.05) is 72.8 Å². The zero-order chi connectivity index (χ0) is 18.5. The number of cyclic esters (lactones) is 1. The number of nitrogens with zero attached hydrogens (tertiary/aromatic N) is 1. The molecule has 0 unspecified atom stereocenters. The molecule has 0 spiro atoms. The molecule has 0 bridgehead atoms. The van der Waals surface area contributed by atoms with E-state index in [4.69, 9.17) is 4.74 Å². The molecule has 0 amide bonds. The summed E-state index contributed by atoms with van der Waals surface area (Å²) in [5.41, 5.74) is 4.23. The van der Waals surface area contributed by atoms with Gasteiger partial charge in [0.2, 0.25) is 5.90 Å². The Hall–Kier alpha value is -3.72. The second-order valence-corrected chi connectivity index (χ2v) is 6.11. The normalized spacial score (nSPS) is 15.2. The van der Waals surface area contributed by atoms with Crippen LogP contribution >= 0.6 is 0 Å². The first-order valence-corrected chi connectivity index (χ1v) is 8.69. The van der Waals surface area contributed by atoms with Crippen molar-refractivity contribution < 1.29 is 9.53 Å². The van der Waals surface area contributed by atoms with Crippen molar-refractivity contribution in [2.75, 3.05) is 0 Å². The molecule has 130 valence electrons. The lowest BCUT2D eigenvalue weighted by molar-refractivity contribution is -0.129. The van der Waals surface area contributed by atoms with Crippen molar-refractivity contribution in [3.8, 4) is 0 Å². The molecule has 0 saturated heterocycles. The third-order valence-electron chi connectivity index (χ3n) is 4.15. The fraction of sp³-hybridized carbons (Fsp3) is 0. The van der Waals surface area contributed by atoms with Crippen LogP contribution in [0.15, 0.2) is 95.6 Å². The number of carbonyl (C=O) groups is 1. The summed E-state index contributed by atoms with van der Waals surface area (Å²) in [5.74, 6) is -0.0869. The van der Waals surface area contributed by atoms with Gasteiger partial charge in [0.05, 0.1) is 0 Å². The maximum Gasteiger partial charge on any atom is 0.363 e. The minimum Gasteiger partial charge on any atom is -0.402 e. The molecule has 0 aromatic heterocycles. The lowest BCUT2D eigenvalue weighted by atomic mass is 10.1. The first-order chi connectivity index (χ1) is 13.3. The molecule has 4 rings (SSSR count). The molecule has 0 atom stereocenters. The van der Waals surface area contributed by atoms with Gasteiger partial charge in [0.1, 0.15) is 0 Å². The van der Waals surface area contributed by atoms with Crippen LogP contribution in [0, 0.1) is 0 Å². The Balaban J connectivity index is 1.51.